The molecule has 0 bridgehead atoms. The van der Waals surface area contributed by atoms with E-state index in [1.807, 2.05) is 23.8 Å². The van der Waals surface area contributed by atoms with Crippen molar-refractivity contribution in [2.24, 2.45) is 5.73 Å². The maximum atomic E-state index is 13.4. The molecule has 7 rings (SSSR count). The Morgan fingerprint density at radius 1 is 1.00 bits per heavy atom. The van der Waals surface area contributed by atoms with Gasteiger partial charge in [0.25, 0.3) is 0 Å². The first-order chi connectivity index (χ1) is 20.4. The topological polar surface area (TPSA) is 133 Å². The molecule has 3 N–H and O–H groups in total. The van der Waals surface area contributed by atoms with Crippen LogP contribution >= 0.6 is 0 Å². The maximum Gasteiger partial charge on any atom is 0.225 e. The van der Waals surface area contributed by atoms with E-state index in [1.165, 1.54) is 12.1 Å². The van der Waals surface area contributed by atoms with Crippen molar-refractivity contribution in [2.45, 2.75) is 31.0 Å². The molecule has 3 atom stereocenters. The van der Waals surface area contributed by atoms with Gasteiger partial charge in [0.1, 0.15) is 24.3 Å². The summed E-state index contributed by atoms with van der Waals surface area (Å²) in [4.78, 5) is 15.9. The van der Waals surface area contributed by atoms with E-state index >= 15 is 0 Å². The third-order valence-electron chi connectivity index (χ3n) is 8.18. The lowest BCUT2D eigenvalue weighted by molar-refractivity contribution is 0.118. The molecule has 1 unspecified atom stereocenters. The quantitative estimate of drug-likeness (QED) is 0.318. The van der Waals surface area contributed by atoms with E-state index in [2.05, 4.69) is 42.2 Å². The van der Waals surface area contributed by atoms with E-state index in [4.69, 9.17) is 10.5 Å². The van der Waals surface area contributed by atoms with Crippen molar-refractivity contribution < 1.29 is 14.2 Å². The van der Waals surface area contributed by atoms with Gasteiger partial charge >= 0.3 is 0 Å². The number of hydrogen-bond acceptors (Lipinski definition) is 9. The number of aliphatic hydroxyl groups is 1. The van der Waals surface area contributed by atoms with Gasteiger partial charge < -0.3 is 20.5 Å². The minimum absolute atomic E-state index is 0.184. The smallest absolute Gasteiger partial charge is 0.225 e. The molecule has 214 valence electrons. The van der Waals surface area contributed by atoms with Crippen LogP contribution in [-0.4, -0.2) is 71.9 Å². The SMILES string of the molecule is CC(N)(c1ccc(F)cc1)c1cnc(N2CC=C(c3ncnn4cc(-c5cnn([C@H]6COC[C@H]6O)c5)cc34)CC2)nc1. The number of ether oxygens (including phenoxy) is 1. The van der Waals surface area contributed by atoms with Crippen LogP contribution in [0.4, 0.5) is 10.3 Å². The number of hydrogen-bond donors (Lipinski definition) is 2. The van der Waals surface area contributed by atoms with Crippen molar-refractivity contribution in [1.29, 1.82) is 0 Å². The first kappa shape index (κ1) is 26.4. The lowest BCUT2D eigenvalue weighted by atomic mass is 9.87. The Morgan fingerprint density at radius 2 is 1.81 bits per heavy atom. The van der Waals surface area contributed by atoms with Gasteiger partial charge in [-0.3, -0.25) is 4.68 Å². The number of benzene rings is 1. The van der Waals surface area contributed by atoms with E-state index in [1.54, 1.807) is 41.7 Å². The molecule has 0 radical (unpaired) electrons. The molecule has 12 heteroatoms. The van der Waals surface area contributed by atoms with Crippen LogP contribution in [0.1, 0.15) is 36.2 Å². The molecule has 4 aromatic heterocycles. The summed E-state index contributed by atoms with van der Waals surface area (Å²) in [6.07, 6.45) is 13.1. The normalized spacial score (nSPS) is 20.6. The van der Waals surface area contributed by atoms with Crippen molar-refractivity contribution in [2.75, 3.05) is 31.2 Å². The number of anilines is 1. The van der Waals surface area contributed by atoms with Gasteiger partial charge in [-0.1, -0.05) is 18.2 Å². The Hall–Kier alpha value is -4.52. The van der Waals surface area contributed by atoms with Gasteiger partial charge in [0.15, 0.2) is 0 Å². The van der Waals surface area contributed by atoms with Crippen molar-refractivity contribution in [1.82, 2.24) is 34.3 Å². The molecular formula is C30H30FN9O2. The van der Waals surface area contributed by atoms with E-state index in [9.17, 15) is 9.50 Å². The average molecular weight is 568 g/mol. The van der Waals surface area contributed by atoms with Gasteiger partial charge in [0.05, 0.1) is 36.2 Å². The average Bonchev–Trinajstić information content (AvgIpc) is 3.77. The third kappa shape index (κ3) is 4.73. The highest BCUT2D eigenvalue weighted by Gasteiger charge is 2.29. The van der Waals surface area contributed by atoms with Gasteiger partial charge in [-0.15, -0.1) is 0 Å². The van der Waals surface area contributed by atoms with E-state index in [0.717, 1.165) is 52.0 Å². The summed E-state index contributed by atoms with van der Waals surface area (Å²) < 4.78 is 22.4. The van der Waals surface area contributed by atoms with Crippen molar-refractivity contribution >= 4 is 17.0 Å². The van der Waals surface area contributed by atoms with Gasteiger partial charge in [-0.05, 0) is 42.7 Å². The number of aromatic nitrogens is 7. The van der Waals surface area contributed by atoms with Gasteiger partial charge in [0, 0.05) is 54.6 Å². The first-order valence-corrected chi connectivity index (χ1v) is 13.8. The molecule has 5 aromatic rings. The standard InChI is InChI=1S/C30H30FN9O2/c1-30(32,22-2-4-24(31)5-3-22)23-12-33-29(34-13-23)38-8-6-19(7-9-38)28-25-10-20(14-39(25)37-18-35-28)21-11-36-40(15-21)26-16-42-17-27(26)41/h2-6,10-15,18,26-27,41H,7-9,16-17,32H2,1H3/t26-,27+,30?/m0/s1. The summed E-state index contributed by atoms with van der Waals surface area (Å²) in [6.45, 7) is 3.99. The number of nitrogens with zero attached hydrogens (tertiary/aromatic N) is 8. The van der Waals surface area contributed by atoms with E-state index < -0.39 is 11.6 Å². The number of aliphatic hydroxyl groups excluding tert-OH is 1. The molecular weight excluding hydrogens is 537 g/mol. The number of rotatable bonds is 6. The highest BCUT2D eigenvalue weighted by atomic mass is 19.1. The molecule has 0 saturated carbocycles. The monoisotopic (exact) mass is 567 g/mol. The van der Waals surface area contributed by atoms with E-state index in [-0.39, 0.29) is 11.9 Å². The van der Waals surface area contributed by atoms with Gasteiger partial charge in [0.2, 0.25) is 5.95 Å². The zero-order chi connectivity index (χ0) is 28.8. The minimum Gasteiger partial charge on any atom is -0.388 e. The molecule has 0 aliphatic carbocycles. The molecule has 1 saturated heterocycles. The highest BCUT2D eigenvalue weighted by Crippen LogP contribution is 2.31. The molecule has 11 nitrogen and oxygen atoms in total. The van der Waals surface area contributed by atoms with Crippen LogP contribution in [0.15, 0.2) is 73.7 Å². The molecule has 2 aliphatic heterocycles. The van der Waals surface area contributed by atoms with Crippen LogP contribution in [0.25, 0.3) is 22.2 Å². The zero-order valence-electron chi connectivity index (χ0n) is 23.0. The zero-order valence-corrected chi connectivity index (χ0v) is 23.0. The summed E-state index contributed by atoms with van der Waals surface area (Å²) in [7, 11) is 0. The van der Waals surface area contributed by atoms with Crippen LogP contribution in [0, 0.1) is 5.82 Å². The van der Waals surface area contributed by atoms with Gasteiger partial charge in [-0.2, -0.15) is 10.2 Å². The summed E-state index contributed by atoms with van der Waals surface area (Å²) in [5, 5.41) is 19.1. The van der Waals surface area contributed by atoms with E-state index in [0.29, 0.717) is 25.7 Å². The Morgan fingerprint density at radius 3 is 2.52 bits per heavy atom. The van der Waals surface area contributed by atoms with Gasteiger partial charge in [-0.25, -0.2) is 23.9 Å². The molecule has 42 heavy (non-hydrogen) atoms. The van der Waals surface area contributed by atoms with Crippen molar-refractivity contribution in [3.8, 4) is 11.1 Å². The van der Waals surface area contributed by atoms with Crippen LogP contribution in [-0.2, 0) is 10.3 Å². The first-order valence-electron chi connectivity index (χ1n) is 13.8. The Kier molecular flexibility index (Phi) is 6.53. The highest BCUT2D eigenvalue weighted by molar-refractivity contribution is 5.80. The van der Waals surface area contributed by atoms with Crippen LogP contribution in [0.2, 0.25) is 0 Å². The fraction of sp³-hybridized carbons (Fsp3) is 0.300. The summed E-state index contributed by atoms with van der Waals surface area (Å²) >= 11 is 0. The molecule has 1 fully saturated rings. The summed E-state index contributed by atoms with van der Waals surface area (Å²) in [5.41, 5.74) is 12.1. The second-order valence-electron chi connectivity index (χ2n) is 11.0. The summed E-state index contributed by atoms with van der Waals surface area (Å²) in [6, 6.07) is 8.06. The maximum absolute atomic E-state index is 13.4. The number of fused-ring (bicyclic) bond motifs is 1. The Labute approximate surface area is 241 Å². The fourth-order valence-corrected chi connectivity index (χ4v) is 5.57. The summed E-state index contributed by atoms with van der Waals surface area (Å²) in [5.74, 6) is 0.319. The number of halogens is 1. The minimum atomic E-state index is -0.847. The van der Waals surface area contributed by atoms with Crippen molar-refractivity contribution in [3.63, 3.8) is 0 Å². The predicted octanol–water partition coefficient (Wildman–Crippen LogP) is 2.97. The lowest BCUT2D eigenvalue weighted by Crippen LogP contribution is -2.35. The number of nitrogens with two attached hydrogens (primary N) is 1. The second kappa shape index (κ2) is 10.4. The third-order valence-corrected chi connectivity index (χ3v) is 8.18. The predicted molar refractivity (Wildman–Crippen MR) is 154 cm³/mol. The molecule has 6 heterocycles. The molecule has 0 spiro atoms. The fourth-order valence-electron chi connectivity index (χ4n) is 5.57. The van der Waals surface area contributed by atoms with Crippen LogP contribution in [0.5, 0.6) is 0 Å². The lowest BCUT2D eigenvalue weighted by Gasteiger charge is -2.28. The molecule has 1 aromatic carbocycles. The Bertz CT molecular complexity index is 1760. The van der Waals surface area contributed by atoms with Crippen LogP contribution < -0.4 is 10.6 Å². The Balaban J connectivity index is 1.09. The largest absolute Gasteiger partial charge is 0.388 e. The van der Waals surface area contributed by atoms with Crippen LogP contribution in [0.3, 0.4) is 0 Å². The van der Waals surface area contributed by atoms with Crippen molar-refractivity contribution in [3.05, 3.63) is 96.4 Å². The molecule has 2 aliphatic rings. The second-order valence-corrected chi connectivity index (χ2v) is 11.0. The molecule has 0 amide bonds.